The average molecular weight is 520 g/mol. The molecule has 1 unspecified atom stereocenters. The molecule has 0 aromatic heterocycles. The zero-order chi connectivity index (χ0) is 25.8. The number of nitrogens with one attached hydrogen (secondary N) is 1. The lowest BCUT2D eigenvalue weighted by Crippen LogP contribution is -2.74. The Hall–Kier alpha value is -3.30. The molecule has 3 aliphatic heterocycles. The van der Waals surface area contributed by atoms with E-state index >= 15 is 0 Å². The zero-order valence-electron chi connectivity index (χ0n) is 21.0. The van der Waals surface area contributed by atoms with Crippen molar-refractivity contribution in [3.8, 4) is 0 Å². The van der Waals surface area contributed by atoms with E-state index in [0.717, 1.165) is 24.0 Å². The predicted molar refractivity (Wildman–Crippen MR) is 144 cm³/mol. The number of nitrogens with zero attached hydrogens (tertiary/aromatic N) is 4. The molecule has 3 heterocycles. The first-order valence-electron chi connectivity index (χ1n) is 12.9. The van der Waals surface area contributed by atoms with Crippen LogP contribution in [0.4, 0.5) is 4.79 Å². The molecular weight excluding hydrogens is 486 g/mol. The molecule has 0 spiro atoms. The topological polar surface area (TPSA) is 76.2 Å². The van der Waals surface area contributed by atoms with Gasteiger partial charge in [0.15, 0.2) is 0 Å². The summed E-state index contributed by atoms with van der Waals surface area (Å²) in [5, 5.41) is 9.05. The van der Waals surface area contributed by atoms with Crippen LogP contribution in [0.5, 0.6) is 0 Å². The van der Waals surface area contributed by atoms with Crippen LogP contribution in [0.1, 0.15) is 36.9 Å². The van der Waals surface area contributed by atoms with Gasteiger partial charge in [0.2, 0.25) is 11.8 Å². The van der Waals surface area contributed by atoms with Gasteiger partial charge in [0, 0.05) is 24.9 Å². The fourth-order valence-corrected chi connectivity index (χ4v) is 6.19. The Morgan fingerprint density at radius 3 is 2.46 bits per heavy atom. The fraction of sp³-hybridized carbons (Fsp3) is 0.393. The summed E-state index contributed by atoms with van der Waals surface area (Å²) in [5.41, 5.74) is 1.76. The maximum Gasteiger partial charge on any atom is 0.334 e. The van der Waals surface area contributed by atoms with Gasteiger partial charge in [-0.05, 0) is 29.4 Å². The van der Waals surface area contributed by atoms with Gasteiger partial charge < -0.3 is 15.1 Å². The van der Waals surface area contributed by atoms with Crippen molar-refractivity contribution in [1.82, 2.24) is 25.1 Å². The molecule has 0 saturated carbocycles. The van der Waals surface area contributed by atoms with Gasteiger partial charge >= 0.3 is 6.03 Å². The van der Waals surface area contributed by atoms with Crippen molar-refractivity contribution < 1.29 is 14.4 Å². The molecular formula is C28H33N5O3S. The molecule has 3 atom stereocenters. The second-order valence-electron chi connectivity index (χ2n) is 9.50. The lowest BCUT2D eigenvalue weighted by atomic mass is 9.98. The Kier molecular flexibility index (Phi) is 7.81. The number of piperazine rings is 1. The van der Waals surface area contributed by atoms with Crippen LogP contribution in [0, 0.1) is 0 Å². The Morgan fingerprint density at radius 1 is 1.05 bits per heavy atom. The fourth-order valence-electron chi connectivity index (χ4n) is 5.28. The lowest BCUT2D eigenvalue weighted by molar-refractivity contribution is -0.190. The molecule has 8 nitrogen and oxygen atoms in total. The molecule has 1 N–H and O–H groups in total. The standard InChI is InChI=1S/C28H33N5O3S/c1-2-31-20-25(34)32-24(33(31)28(36)29-18-21-10-5-3-6-11-21)19-30(16-15-23-14-9-17-37-23)27(35)26(32)22-12-7-4-8-13-22/h3-13,17,23-24,26H,2,14-16,18-20H2,1H3,(H,29,36)/t23?,24-,26-/m0/s1. The average Bonchev–Trinajstić information content (AvgIpc) is 3.45. The number of amides is 4. The van der Waals surface area contributed by atoms with Crippen LogP contribution >= 0.6 is 11.8 Å². The lowest BCUT2D eigenvalue weighted by Gasteiger charge is -2.55. The minimum atomic E-state index is -0.759. The maximum atomic E-state index is 13.8. The highest BCUT2D eigenvalue weighted by Crippen LogP contribution is 2.35. The first-order chi connectivity index (χ1) is 18.1. The van der Waals surface area contributed by atoms with E-state index in [2.05, 4.69) is 16.8 Å². The highest BCUT2D eigenvalue weighted by molar-refractivity contribution is 8.03. The number of thioether (sulfide) groups is 1. The Bertz CT molecular complexity index is 1140. The molecule has 3 aliphatic rings. The Morgan fingerprint density at radius 2 is 1.78 bits per heavy atom. The number of allylic oxidation sites excluding steroid dienone is 1. The van der Waals surface area contributed by atoms with E-state index < -0.39 is 12.2 Å². The number of urea groups is 1. The van der Waals surface area contributed by atoms with Gasteiger partial charge in [-0.15, -0.1) is 11.8 Å². The third-order valence-electron chi connectivity index (χ3n) is 7.18. The number of hydrogen-bond donors (Lipinski definition) is 1. The van der Waals surface area contributed by atoms with E-state index in [-0.39, 0.29) is 30.9 Å². The monoisotopic (exact) mass is 519 g/mol. The first-order valence-corrected chi connectivity index (χ1v) is 13.8. The normalized spacial score (nSPS) is 23.9. The van der Waals surface area contributed by atoms with Gasteiger partial charge in [-0.2, -0.15) is 0 Å². The third-order valence-corrected chi connectivity index (χ3v) is 8.35. The van der Waals surface area contributed by atoms with Crippen LogP contribution in [0.2, 0.25) is 0 Å². The highest BCUT2D eigenvalue weighted by Gasteiger charge is 2.51. The van der Waals surface area contributed by atoms with Crippen LogP contribution in [0.25, 0.3) is 0 Å². The van der Waals surface area contributed by atoms with E-state index in [9.17, 15) is 14.4 Å². The van der Waals surface area contributed by atoms with Crippen LogP contribution in [-0.2, 0) is 16.1 Å². The van der Waals surface area contributed by atoms with Gasteiger partial charge in [-0.3, -0.25) is 9.59 Å². The number of fused-ring (bicyclic) bond motifs is 1. The molecule has 0 aliphatic carbocycles. The highest BCUT2D eigenvalue weighted by atomic mass is 32.2. The number of hydrogen-bond acceptors (Lipinski definition) is 5. The number of hydrazine groups is 1. The Labute approximate surface area is 222 Å². The number of benzene rings is 2. The molecule has 2 saturated heterocycles. The molecule has 37 heavy (non-hydrogen) atoms. The molecule has 2 aromatic rings. The van der Waals surface area contributed by atoms with E-state index in [0.29, 0.717) is 24.9 Å². The number of rotatable bonds is 7. The van der Waals surface area contributed by atoms with Crippen molar-refractivity contribution in [3.63, 3.8) is 0 Å². The van der Waals surface area contributed by atoms with Gasteiger partial charge in [-0.1, -0.05) is 73.7 Å². The largest absolute Gasteiger partial charge is 0.337 e. The number of carbonyl (C=O) groups is 3. The number of likely N-dealkylation sites (N-methyl/N-ethyl adjacent to an activating group) is 1. The summed E-state index contributed by atoms with van der Waals surface area (Å²) in [5.74, 6) is -0.224. The molecule has 2 fully saturated rings. The van der Waals surface area contributed by atoms with Crippen LogP contribution < -0.4 is 5.32 Å². The van der Waals surface area contributed by atoms with E-state index in [1.54, 1.807) is 26.7 Å². The smallest absolute Gasteiger partial charge is 0.334 e. The van der Waals surface area contributed by atoms with Crippen molar-refractivity contribution in [2.45, 2.75) is 43.8 Å². The van der Waals surface area contributed by atoms with Gasteiger partial charge in [-0.25, -0.2) is 14.8 Å². The molecule has 0 radical (unpaired) electrons. The summed E-state index contributed by atoms with van der Waals surface area (Å²) in [7, 11) is 0. The van der Waals surface area contributed by atoms with Crippen molar-refractivity contribution >= 4 is 29.6 Å². The summed E-state index contributed by atoms with van der Waals surface area (Å²) in [6.45, 7) is 3.74. The van der Waals surface area contributed by atoms with Gasteiger partial charge in [0.25, 0.3) is 0 Å². The van der Waals surface area contributed by atoms with Gasteiger partial charge in [0.05, 0.1) is 13.1 Å². The molecule has 9 heteroatoms. The van der Waals surface area contributed by atoms with Crippen LogP contribution in [0.3, 0.4) is 0 Å². The summed E-state index contributed by atoms with van der Waals surface area (Å²) in [6, 6.07) is 18.2. The summed E-state index contributed by atoms with van der Waals surface area (Å²) >= 11 is 1.80. The first kappa shape index (κ1) is 25.4. The van der Waals surface area contributed by atoms with E-state index in [1.807, 2.05) is 72.5 Å². The van der Waals surface area contributed by atoms with Crippen LogP contribution in [0.15, 0.2) is 72.1 Å². The van der Waals surface area contributed by atoms with E-state index in [1.165, 1.54) is 0 Å². The van der Waals surface area contributed by atoms with Gasteiger partial charge in [0.1, 0.15) is 12.2 Å². The summed E-state index contributed by atoms with van der Waals surface area (Å²) < 4.78 is 0. The second kappa shape index (κ2) is 11.4. The maximum absolute atomic E-state index is 13.8. The van der Waals surface area contributed by atoms with Crippen molar-refractivity contribution in [1.29, 1.82) is 0 Å². The number of carbonyl (C=O) groups excluding carboxylic acids is 3. The SMILES string of the molecule is CCN1CC(=O)N2[C@@H](c3ccccc3)C(=O)N(CCC3CC=CS3)C[C@@H]2N1C(=O)NCc1ccccc1. The van der Waals surface area contributed by atoms with Crippen molar-refractivity contribution in [2.24, 2.45) is 0 Å². The summed E-state index contributed by atoms with van der Waals surface area (Å²) in [6.07, 6.45) is 3.44. The third kappa shape index (κ3) is 5.38. The molecule has 0 bridgehead atoms. The predicted octanol–water partition coefficient (Wildman–Crippen LogP) is 3.60. The van der Waals surface area contributed by atoms with Crippen molar-refractivity contribution in [3.05, 3.63) is 83.3 Å². The molecule has 194 valence electrons. The minimum Gasteiger partial charge on any atom is -0.337 e. The zero-order valence-corrected chi connectivity index (χ0v) is 21.8. The van der Waals surface area contributed by atoms with Crippen LogP contribution in [-0.4, -0.2) is 75.3 Å². The second-order valence-corrected chi connectivity index (χ2v) is 10.7. The van der Waals surface area contributed by atoms with Crippen molar-refractivity contribution in [2.75, 3.05) is 26.2 Å². The molecule has 2 aromatic carbocycles. The molecule has 5 rings (SSSR count). The minimum absolute atomic E-state index is 0.0484. The summed E-state index contributed by atoms with van der Waals surface area (Å²) in [4.78, 5) is 44.4. The quantitative estimate of drug-likeness (QED) is 0.605. The Balaban J connectivity index is 1.44. The molecule has 4 amide bonds. The van der Waals surface area contributed by atoms with E-state index in [4.69, 9.17) is 0 Å².